The highest BCUT2D eigenvalue weighted by Gasteiger charge is 2.13. The summed E-state index contributed by atoms with van der Waals surface area (Å²) < 4.78 is 0. The van der Waals surface area contributed by atoms with Crippen molar-refractivity contribution in [1.82, 2.24) is 0 Å². The Balaban J connectivity index is 2.67. The van der Waals surface area contributed by atoms with E-state index in [-0.39, 0.29) is 11.2 Å². The Morgan fingerprint density at radius 1 is 1.24 bits per heavy atom. The van der Waals surface area contributed by atoms with Gasteiger partial charge in [0, 0.05) is 12.0 Å². The molecule has 0 radical (unpaired) electrons. The van der Waals surface area contributed by atoms with Gasteiger partial charge >= 0.3 is 0 Å². The van der Waals surface area contributed by atoms with Crippen LogP contribution in [0.2, 0.25) is 0 Å². The van der Waals surface area contributed by atoms with E-state index in [1.165, 1.54) is 5.56 Å². The lowest BCUT2D eigenvalue weighted by Gasteiger charge is -2.18. The summed E-state index contributed by atoms with van der Waals surface area (Å²) in [5, 5.41) is 0. The first-order chi connectivity index (χ1) is 7.95. The van der Waals surface area contributed by atoms with Gasteiger partial charge in [-0.2, -0.15) is 0 Å². The first-order valence-electron chi connectivity index (χ1n) is 6.20. The highest BCUT2D eigenvalue weighted by molar-refractivity contribution is 5.96. The van der Waals surface area contributed by atoms with Gasteiger partial charge < -0.3 is 0 Å². The fourth-order valence-electron chi connectivity index (χ4n) is 1.71. The zero-order valence-electron chi connectivity index (χ0n) is 11.1. The Labute approximate surface area is 105 Å². The highest BCUT2D eigenvalue weighted by atomic mass is 16.1. The summed E-state index contributed by atoms with van der Waals surface area (Å²) in [4.78, 5) is 11.8. The second-order valence-electron chi connectivity index (χ2n) is 5.43. The molecule has 1 aromatic rings. The smallest absolute Gasteiger partial charge is 0.162 e. The van der Waals surface area contributed by atoms with Crippen LogP contribution in [0, 0.1) is 0 Å². The van der Waals surface area contributed by atoms with E-state index in [2.05, 4.69) is 39.5 Å². The molecule has 0 heterocycles. The van der Waals surface area contributed by atoms with Crippen LogP contribution in [-0.2, 0) is 5.41 Å². The molecule has 1 aromatic carbocycles. The van der Waals surface area contributed by atoms with Gasteiger partial charge in [-0.15, -0.1) is 6.58 Å². The van der Waals surface area contributed by atoms with Crippen molar-refractivity contribution in [1.29, 1.82) is 0 Å². The second kappa shape index (κ2) is 5.81. The summed E-state index contributed by atoms with van der Waals surface area (Å²) in [6.45, 7) is 10.2. The molecule has 0 saturated heterocycles. The molecule has 92 valence electrons. The predicted molar refractivity (Wildman–Crippen MR) is 73.5 cm³/mol. The van der Waals surface area contributed by atoms with Gasteiger partial charge in [0.05, 0.1) is 0 Å². The van der Waals surface area contributed by atoms with Gasteiger partial charge in [-0.1, -0.05) is 51.1 Å². The molecule has 1 nitrogen and oxygen atoms in total. The Hall–Kier alpha value is -1.37. The average molecular weight is 230 g/mol. The zero-order valence-corrected chi connectivity index (χ0v) is 11.1. The third kappa shape index (κ3) is 4.18. The molecule has 17 heavy (non-hydrogen) atoms. The van der Waals surface area contributed by atoms with Crippen molar-refractivity contribution >= 4 is 5.78 Å². The van der Waals surface area contributed by atoms with Gasteiger partial charge in [0.25, 0.3) is 0 Å². The average Bonchev–Trinajstić information content (AvgIpc) is 2.28. The summed E-state index contributed by atoms with van der Waals surface area (Å²) >= 11 is 0. The van der Waals surface area contributed by atoms with E-state index in [0.29, 0.717) is 6.42 Å². The van der Waals surface area contributed by atoms with Crippen LogP contribution in [0.15, 0.2) is 36.9 Å². The molecular formula is C16H22O. The molecule has 0 aromatic heterocycles. The molecule has 0 aliphatic carbocycles. The fourth-order valence-corrected chi connectivity index (χ4v) is 1.71. The second-order valence-corrected chi connectivity index (χ2v) is 5.43. The summed E-state index contributed by atoms with van der Waals surface area (Å²) in [6.07, 6.45) is 4.27. The summed E-state index contributed by atoms with van der Waals surface area (Å²) in [5.41, 5.74) is 2.23. The largest absolute Gasteiger partial charge is 0.294 e. The Morgan fingerprint density at radius 2 is 1.82 bits per heavy atom. The third-order valence-corrected chi connectivity index (χ3v) is 2.88. The molecule has 0 fully saturated rings. The Kier molecular flexibility index (Phi) is 4.68. The molecule has 0 unspecified atom stereocenters. The van der Waals surface area contributed by atoms with Crippen molar-refractivity contribution in [3.8, 4) is 0 Å². The molecule has 0 aliphatic rings. The lowest BCUT2D eigenvalue weighted by Crippen LogP contribution is -2.11. The van der Waals surface area contributed by atoms with Crippen LogP contribution in [-0.4, -0.2) is 5.78 Å². The third-order valence-electron chi connectivity index (χ3n) is 2.88. The van der Waals surface area contributed by atoms with Crippen molar-refractivity contribution in [3.63, 3.8) is 0 Å². The van der Waals surface area contributed by atoms with Crippen LogP contribution in [0.5, 0.6) is 0 Å². The van der Waals surface area contributed by atoms with E-state index >= 15 is 0 Å². The van der Waals surface area contributed by atoms with Gasteiger partial charge in [-0.25, -0.2) is 0 Å². The Bertz CT molecular complexity index is 379. The molecule has 0 spiro atoms. The van der Waals surface area contributed by atoms with Crippen LogP contribution < -0.4 is 0 Å². The molecule has 0 bridgehead atoms. The fraction of sp³-hybridized carbons (Fsp3) is 0.438. The molecule has 1 rings (SSSR count). The van der Waals surface area contributed by atoms with Crippen molar-refractivity contribution in [2.75, 3.05) is 0 Å². The number of benzene rings is 1. The van der Waals surface area contributed by atoms with Crippen LogP contribution in [0.4, 0.5) is 0 Å². The maximum atomic E-state index is 11.8. The molecule has 0 atom stereocenters. The molecule has 0 amide bonds. The first-order valence-corrected chi connectivity index (χ1v) is 6.20. The molecule has 0 N–H and O–H groups in total. The maximum Gasteiger partial charge on any atom is 0.162 e. The van der Waals surface area contributed by atoms with Crippen LogP contribution >= 0.6 is 0 Å². The van der Waals surface area contributed by atoms with Gasteiger partial charge in [0.1, 0.15) is 0 Å². The highest BCUT2D eigenvalue weighted by Crippen LogP contribution is 2.22. The minimum atomic E-state index is 0.143. The van der Waals surface area contributed by atoms with Gasteiger partial charge in [0.2, 0.25) is 0 Å². The molecule has 0 saturated carbocycles. The summed E-state index contributed by atoms with van der Waals surface area (Å²) in [6, 6.07) is 8.00. The quantitative estimate of drug-likeness (QED) is 0.413. The van der Waals surface area contributed by atoms with Crippen LogP contribution in [0.1, 0.15) is 56.0 Å². The summed E-state index contributed by atoms with van der Waals surface area (Å²) in [7, 11) is 0. The topological polar surface area (TPSA) is 17.1 Å². The van der Waals surface area contributed by atoms with E-state index in [0.717, 1.165) is 18.4 Å². The number of allylic oxidation sites excluding steroid dienone is 1. The maximum absolute atomic E-state index is 11.8. The van der Waals surface area contributed by atoms with Crippen molar-refractivity contribution in [2.24, 2.45) is 0 Å². The first kappa shape index (κ1) is 13.7. The minimum absolute atomic E-state index is 0.143. The standard InChI is InChI=1S/C16H22O/c1-5-6-7-8-15(17)13-9-11-14(12-10-13)16(2,3)4/h5,9-12H,1,6-8H2,2-4H3. The van der Waals surface area contributed by atoms with E-state index in [4.69, 9.17) is 0 Å². The van der Waals surface area contributed by atoms with Crippen molar-refractivity contribution in [2.45, 2.75) is 45.4 Å². The van der Waals surface area contributed by atoms with Crippen LogP contribution in [0.3, 0.4) is 0 Å². The number of carbonyl (C=O) groups is 1. The molecule has 0 aliphatic heterocycles. The number of hydrogen-bond acceptors (Lipinski definition) is 1. The van der Waals surface area contributed by atoms with E-state index in [9.17, 15) is 4.79 Å². The summed E-state index contributed by atoms with van der Waals surface area (Å²) in [5.74, 6) is 0.229. The van der Waals surface area contributed by atoms with Crippen molar-refractivity contribution in [3.05, 3.63) is 48.0 Å². The SMILES string of the molecule is C=CCCCC(=O)c1ccc(C(C)(C)C)cc1. The van der Waals surface area contributed by atoms with Gasteiger partial charge in [-0.3, -0.25) is 4.79 Å². The zero-order chi connectivity index (χ0) is 12.9. The lowest BCUT2D eigenvalue weighted by molar-refractivity contribution is 0.0980. The number of unbranched alkanes of at least 4 members (excludes halogenated alkanes) is 1. The Morgan fingerprint density at radius 3 is 2.29 bits per heavy atom. The number of hydrogen-bond donors (Lipinski definition) is 0. The van der Waals surface area contributed by atoms with Gasteiger partial charge in [0.15, 0.2) is 5.78 Å². The monoisotopic (exact) mass is 230 g/mol. The van der Waals surface area contributed by atoms with E-state index in [1.807, 2.05) is 18.2 Å². The molecule has 1 heteroatoms. The van der Waals surface area contributed by atoms with Crippen molar-refractivity contribution < 1.29 is 4.79 Å². The molecular weight excluding hydrogens is 208 g/mol. The van der Waals surface area contributed by atoms with E-state index < -0.39 is 0 Å². The minimum Gasteiger partial charge on any atom is -0.294 e. The number of rotatable bonds is 5. The number of ketones is 1. The number of Topliss-reactive ketones (excluding diaryl/α,β-unsaturated/α-hetero) is 1. The van der Waals surface area contributed by atoms with E-state index in [1.54, 1.807) is 0 Å². The lowest BCUT2D eigenvalue weighted by atomic mass is 9.86. The van der Waals surface area contributed by atoms with Gasteiger partial charge in [-0.05, 0) is 23.8 Å². The van der Waals surface area contributed by atoms with Crippen LogP contribution in [0.25, 0.3) is 0 Å². The predicted octanol–water partition coefficient (Wildman–Crippen LogP) is 4.52. The normalized spacial score (nSPS) is 11.2. The number of carbonyl (C=O) groups excluding carboxylic acids is 1.